The van der Waals surface area contributed by atoms with Crippen molar-refractivity contribution in [3.63, 3.8) is 0 Å². The average Bonchev–Trinajstić information content (AvgIpc) is 2.77. The van der Waals surface area contributed by atoms with Crippen LogP contribution in [0, 0.1) is 6.92 Å². The topological polar surface area (TPSA) is 39.2 Å². The predicted octanol–water partition coefficient (Wildman–Crippen LogP) is 3.30. The van der Waals surface area contributed by atoms with Gasteiger partial charge in [0, 0.05) is 21.7 Å². The summed E-state index contributed by atoms with van der Waals surface area (Å²) in [6, 6.07) is 7.77. The standard InChI is InChI=1S/C14H17NO2S2/c1-3-17-14-7-5-4-6-12(14)9-19(16)10-13-8-18-11(2)15-13/h4-8H,3,9-10H2,1-2H3/t19-/m1/s1. The van der Waals surface area contributed by atoms with Crippen LogP contribution in [-0.4, -0.2) is 15.8 Å². The van der Waals surface area contributed by atoms with Gasteiger partial charge in [0.05, 0.1) is 28.8 Å². The van der Waals surface area contributed by atoms with Crippen molar-refractivity contribution in [3.05, 3.63) is 45.9 Å². The van der Waals surface area contributed by atoms with Crippen molar-refractivity contribution < 1.29 is 8.95 Å². The molecule has 1 aromatic carbocycles. The second-order valence-corrected chi connectivity index (χ2v) is 6.65. The highest BCUT2D eigenvalue weighted by molar-refractivity contribution is 7.83. The van der Waals surface area contributed by atoms with Crippen LogP contribution in [0.3, 0.4) is 0 Å². The molecule has 0 saturated carbocycles. The minimum absolute atomic E-state index is 0.505. The average molecular weight is 295 g/mol. The largest absolute Gasteiger partial charge is 0.494 e. The van der Waals surface area contributed by atoms with Crippen molar-refractivity contribution in [1.29, 1.82) is 0 Å². The lowest BCUT2D eigenvalue weighted by atomic mass is 10.2. The molecule has 0 aliphatic rings. The van der Waals surface area contributed by atoms with Crippen LogP contribution >= 0.6 is 11.3 Å². The van der Waals surface area contributed by atoms with E-state index in [9.17, 15) is 4.21 Å². The number of hydrogen-bond donors (Lipinski definition) is 0. The first-order valence-electron chi connectivity index (χ1n) is 6.15. The van der Waals surface area contributed by atoms with Gasteiger partial charge in [-0.25, -0.2) is 4.98 Å². The van der Waals surface area contributed by atoms with E-state index in [4.69, 9.17) is 4.74 Å². The molecule has 102 valence electrons. The van der Waals surface area contributed by atoms with Crippen molar-refractivity contribution in [1.82, 2.24) is 4.98 Å². The minimum Gasteiger partial charge on any atom is -0.494 e. The van der Waals surface area contributed by atoms with Crippen LogP contribution in [0.5, 0.6) is 5.75 Å². The van der Waals surface area contributed by atoms with Gasteiger partial charge in [-0.05, 0) is 19.9 Å². The van der Waals surface area contributed by atoms with Crippen LogP contribution in [0.1, 0.15) is 23.2 Å². The highest BCUT2D eigenvalue weighted by Gasteiger charge is 2.09. The molecule has 0 aliphatic carbocycles. The normalized spacial score (nSPS) is 12.3. The third-order valence-corrected chi connectivity index (χ3v) is 4.64. The van der Waals surface area contributed by atoms with E-state index in [1.54, 1.807) is 11.3 Å². The molecule has 0 N–H and O–H groups in total. The SMILES string of the molecule is CCOc1ccccc1C[S@@](=O)Cc1csc(C)n1. The van der Waals surface area contributed by atoms with Gasteiger partial charge in [-0.3, -0.25) is 4.21 Å². The van der Waals surface area contributed by atoms with Gasteiger partial charge in [0.15, 0.2) is 0 Å². The second kappa shape index (κ2) is 6.82. The van der Waals surface area contributed by atoms with Crippen LogP contribution in [-0.2, 0) is 22.3 Å². The summed E-state index contributed by atoms with van der Waals surface area (Å²) < 4.78 is 17.7. The molecule has 2 rings (SSSR count). The fourth-order valence-corrected chi connectivity index (χ4v) is 3.67. The van der Waals surface area contributed by atoms with Crippen LogP contribution in [0.25, 0.3) is 0 Å². The molecule has 2 aromatic rings. The summed E-state index contributed by atoms with van der Waals surface area (Å²) in [5.41, 5.74) is 1.91. The summed E-state index contributed by atoms with van der Waals surface area (Å²) in [5, 5.41) is 2.99. The van der Waals surface area contributed by atoms with Crippen LogP contribution in [0.15, 0.2) is 29.6 Å². The van der Waals surface area contributed by atoms with Crippen molar-refractivity contribution in [2.45, 2.75) is 25.4 Å². The van der Waals surface area contributed by atoms with Crippen LogP contribution < -0.4 is 4.74 Å². The minimum atomic E-state index is -0.958. The number of hydrogen-bond acceptors (Lipinski definition) is 4. The Morgan fingerprint density at radius 3 is 2.79 bits per heavy atom. The lowest BCUT2D eigenvalue weighted by Crippen LogP contribution is -2.03. The Hall–Kier alpha value is -1.20. The third-order valence-electron chi connectivity index (χ3n) is 2.56. The fourth-order valence-electron chi connectivity index (χ4n) is 1.78. The van der Waals surface area contributed by atoms with Crippen molar-refractivity contribution in [2.24, 2.45) is 0 Å². The van der Waals surface area contributed by atoms with Crippen LogP contribution in [0.2, 0.25) is 0 Å². The Bertz CT molecular complexity index is 566. The van der Waals surface area contributed by atoms with E-state index in [-0.39, 0.29) is 0 Å². The molecule has 0 radical (unpaired) electrons. The Morgan fingerprint density at radius 2 is 2.11 bits per heavy atom. The summed E-state index contributed by atoms with van der Waals surface area (Å²) in [5.74, 6) is 1.84. The lowest BCUT2D eigenvalue weighted by Gasteiger charge is -2.09. The monoisotopic (exact) mass is 295 g/mol. The van der Waals surface area contributed by atoms with E-state index in [1.165, 1.54) is 0 Å². The number of aromatic nitrogens is 1. The Kier molecular flexibility index (Phi) is 5.10. The number of rotatable bonds is 6. The zero-order chi connectivity index (χ0) is 13.7. The zero-order valence-corrected chi connectivity index (χ0v) is 12.7. The number of thiazole rings is 1. The molecule has 0 aliphatic heterocycles. The Balaban J connectivity index is 2.02. The van der Waals surface area contributed by atoms with Gasteiger partial charge in [0.2, 0.25) is 0 Å². The summed E-state index contributed by atoms with van der Waals surface area (Å²) in [4.78, 5) is 4.35. The highest BCUT2D eigenvalue weighted by atomic mass is 32.2. The molecule has 3 nitrogen and oxygen atoms in total. The molecule has 0 spiro atoms. The molecule has 1 heterocycles. The number of benzene rings is 1. The maximum absolute atomic E-state index is 12.2. The molecule has 1 aromatic heterocycles. The lowest BCUT2D eigenvalue weighted by molar-refractivity contribution is 0.337. The highest BCUT2D eigenvalue weighted by Crippen LogP contribution is 2.21. The van der Waals surface area contributed by atoms with E-state index >= 15 is 0 Å². The van der Waals surface area contributed by atoms with Gasteiger partial charge in [0.25, 0.3) is 0 Å². The second-order valence-electron chi connectivity index (χ2n) is 4.13. The van der Waals surface area contributed by atoms with Crippen molar-refractivity contribution in [3.8, 4) is 5.75 Å². The molecule has 1 atom stereocenters. The van der Waals surface area contributed by atoms with Gasteiger partial charge in [-0.15, -0.1) is 11.3 Å². The number of nitrogens with zero attached hydrogens (tertiary/aromatic N) is 1. The summed E-state index contributed by atoms with van der Waals surface area (Å²) in [6.45, 7) is 4.53. The molecular formula is C14H17NO2S2. The quantitative estimate of drug-likeness (QED) is 0.821. The number of para-hydroxylation sites is 1. The molecule has 5 heteroatoms. The molecule has 0 saturated heterocycles. The molecule has 0 fully saturated rings. The smallest absolute Gasteiger partial charge is 0.123 e. The first kappa shape index (κ1) is 14.2. The van der Waals surface area contributed by atoms with E-state index in [0.29, 0.717) is 18.1 Å². The van der Waals surface area contributed by atoms with E-state index < -0.39 is 10.8 Å². The van der Waals surface area contributed by atoms with Gasteiger partial charge < -0.3 is 4.74 Å². The molecular weight excluding hydrogens is 278 g/mol. The Morgan fingerprint density at radius 1 is 1.32 bits per heavy atom. The zero-order valence-electron chi connectivity index (χ0n) is 11.1. The number of aryl methyl sites for hydroxylation is 1. The summed E-state index contributed by atoms with van der Waals surface area (Å²) in [7, 11) is -0.958. The molecule has 0 amide bonds. The van der Waals surface area contributed by atoms with E-state index in [2.05, 4.69) is 4.98 Å². The molecule has 19 heavy (non-hydrogen) atoms. The van der Waals surface area contributed by atoms with Gasteiger partial charge in [0.1, 0.15) is 5.75 Å². The van der Waals surface area contributed by atoms with Crippen LogP contribution in [0.4, 0.5) is 0 Å². The fraction of sp³-hybridized carbons (Fsp3) is 0.357. The Labute approximate surface area is 120 Å². The van der Waals surface area contributed by atoms with E-state index in [0.717, 1.165) is 22.0 Å². The third kappa shape index (κ3) is 4.14. The van der Waals surface area contributed by atoms with Gasteiger partial charge in [-0.1, -0.05) is 18.2 Å². The first-order valence-corrected chi connectivity index (χ1v) is 8.52. The summed E-state index contributed by atoms with van der Waals surface area (Å²) >= 11 is 1.59. The van der Waals surface area contributed by atoms with E-state index in [1.807, 2.05) is 43.5 Å². The maximum Gasteiger partial charge on any atom is 0.123 e. The predicted molar refractivity (Wildman–Crippen MR) is 80.0 cm³/mol. The summed E-state index contributed by atoms with van der Waals surface area (Å²) in [6.07, 6.45) is 0. The molecule has 0 bridgehead atoms. The molecule has 0 unspecified atom stereocenters. The van der Waals surface area contributed by atoms with Crippen molar-refractivity contribution in [2.75, 3.05) is 6.61 Å². The van der Waals surface area contributed by atoms with Gasteiger partial charge >= 0.3 is 0 Å². The first-order chi connectivity index (χ1) is 9.19. The van der Waals surface area contributed by atoms with Crippen molar-refractivity contribution >= 4 is 22.1 Å². The van der Waals surface area contributed by atoms with Gasteiger partial charge in [-0.2, -0.15) is 0 Å². The maximum atomic E-state index is 12.2. The number of ether oxygens (including phenoxy) is 1.